The average Bonchev–Trinajstić information content (AvgIpc) is 2.76. The van der Waals surface area contributed by atoms with Crippen LogP contribution in [-0.2, 0) is 0 Å². The van der Waals surface area contributed by atoms with Crippen molar-refractivity contribution in [2.24, 2.45) is 0 Å². The molecular weight excluding hydrogens is 761 g/mol. The molecule has 0 saturated carbocycles. The first-order valence-corrected chi connectivity index (χ1v) is 41.4. The number of halogens is 2. The van der Waals surface area contributed by atoms with Crippen molar-refractivity contribution >= 4 is 71.4 Å². The summed E-state index contributed by atoms with van der Waals surface area (Å²) in [5, 5.41) is -4.64. The fraction of sp³-hybridized carbons (Fsp3) is 1.00. The predicted octanol–water partition coefficient (Wildman–Crippen LogP) is 15.8. The van der Waals surface area contributed by atoms with E-state index in [4.69, 9.17) is 30.6 Å². The molecule has 0 aliphatic carbocycles. The number of hydrogen-bond acceptors (Lipinski definition) is 0. The molecule has 0 spiro atoms. The smallest absolute Gasteiger partial charge is 0.118 e. The Bertz CT molecular complexity index is 666. The first kappa shape index (κ1) is 46.3. The highest BCUT2D eigenvalue weighted by atomic mass is 79.9. The summed E-state index contributed by atoms with van der Waals surface area (Å²) in [5.41, 5.74) is 9.31. The standard InChI is InChI=1S/C36H84Br2Si6/c1-25(2)39(26(3)4,27(5)6)43(37,40(28(7)8,29(9)10)30(11)12)44(38,41(31(13)14,32(15)16)33(17)18)42(34(19)20,35(21)22)36(23)24/h25-36H,1-24H3. The van der Waals surface area contributed by atoms with Crippen LogP contribution in [0.25, 0.3) is 0 Å². The Morgan fingerprint density at radius 1 is 0.205 bits per heavy atom. The van der Waals surface area contributed by atoms with Crippen molar-refractivity contribution in [3.8, 4) is 0 Å². The third-order valence-electron chi connectivity index (χ3n) is 14.3. The first-order chi connectivity index (χ1) is 19.6. The van der Waals surface area contributed by atoms with Crippen molar-refractivity contribution in [1.82, 2.24) is 0 Å². The van der Waals surface area contributed by atoms with E-state index in [0.29, 0.717) is 0 Å². The Hall–Kier alpha value is 2.26. The Morgan fingerprint density at radius 3 is 0.318 bits per heavy atom. The topological polar surface area (TPSA) is 0 Å². The van der Waals surface area contributed by atoms with E-state index in [1.165, 1.54) is 0 Å². The van der Waals surface area contributed by atoms with Crippen molar-refractivity contribution in [2.75, 3.05) is 0 Å². The highest BCUT2D eigenvalue weighted by molar-refractivity contribution is 9.42. The summed E-state index contributed by atoms with van der Waals surface area (Å²) in [4.78, 5) is 0. The van der Waals surface area contributed by atoms with Crippen molar-refractivity contribution in [2.45, 2.75) is 233 Å². The minimum Gasteiger partial charge on any atom is -0.136 e. The molecule has 0 N–H and O–H groups in total. The molecule has 0 amide bonds. The third kappa shape index (κ3) is 5.82. The van der Waals surface area contributed by atoms with Gasteiger partial charge in [0.2, 0.25) is 0 Å². The minimum absolute atomic E-state index is 0.775. The predicted molar refractivity (Wildman–Crippen MR) is 234 cm³/mol. The fourth-order valence-electron chi connectivity index (χ4n) is 14.7. The Balaban J connectivity index is 10.3. The van der Waals surface area contributed by atoms with Gasteiger partial charge >= 0.3 is 0 Å². The molecule has 266 valence electrons. The Labute approximate surface area is 301 Å². The number of rotatable bonds is 17. The highest BCUT2D eigenvalue weighted by Crippen LogP contribution is 2.72. The van der Waals surface area contributed by atoms with E-state index in [2.05, 4.69) is 166 Å². The van der Waals surface area contributed by atoms with Gasteiger partial charge in [-0.3, -0.25) is 0 Å². The van der Waals surface area contributed by atoms with E-state index in [1.54, 1.807) is 0 Å². The van der Waals surface area contributed by atoms with Gasteiger partial charge in [0.25, 0.3) is 0 Å². The van der Waals surface area contributed by atoms with Gasteiger partial charge in [-0.15, -0.1) is 30.6 Å². The molecule has 0 saturated heterocycles. The van der Waals surface area contributed by atoms with Crippen LogP contribution in [0.15, 0.2) is 0 Å². The lowest BCUT2D eigenvalue weighted by Gasteiger charge is -2.77. The molecule has 0 nitrogen and oxygen atoms in total. The van der Waals surface area contributed by atoms with E-state index in [-0.39, 0.29) is 0 Å². The molecule has 0 unspecified atom stereocenters. The van der Waals surface area contributed by atoms with E-state index in [9.17, 15) is 0 Å². The molecule has 0 fully saturated rings. The normalized spacial score (nSPS) is 15.7. The largest absolute Gasteiger partial charge is 0.136 e. The molecule has 0 aliphatic heterocycles. The second-order valence-corrected chi connectivity index (χ2v) is 96.1. The van der Waals surface area contributed by atoms with Gasteiger partial charge in [-0.05, 0) is 0 Å². The highest BCUT2D eigenvalue weighted by Gasteiger charge is 2.87. The van der Waals surface area contributed by atoms with Gasteiger partial charge in [0, 0.05) is 0 Å². The lowest BCUT2D eigenvalue weighted by molar-refractivity contribution is 0.823. The quantitative estimate of drug-likeness (QED) is 0.101. The van der Waals surface area contributed by atoms with Gasteiger partial charge in [0.05, 0.1) is 30.4 Å². The molecule has 0 aromatic heterocycles. The van der Waals surface area contributed by atoms with E-state index in [1.807, 2.05) is 0 Å². The molecule has 0 aromatic carbocycles. The fourth-order valence-corrected chi connectivity index (χ4v) is 315. The molecule has 8 heteroatoms. The van der Waals surface area contributed by atoms with Gasteiger partial charge in [-0.2, -0.15) is 0 Å². The monoisotopic (exact) mass is 842 g/mol. The van der Waals surface area contributed by atoms with Crippen molar-refractivity contribution in [3.63, 3.8) is 0 Å². The molecule has 0 radical (unpaired) electrons. The second-order valence-electron chi connectivity index (χ2n) is 18.9. The van der Waals surface area contributed by atoms with Gasteiger partial charge in [-0.25, -0.2) is 0 Å². The summed E-state index contributed by atoms with van der Waals surface area (Å²) in [7, 11) is -8.13. The van der Waals surface area contributed by atoms with Gasteiger partial charge in [0.1, 0.15) is 10.5 Å². The summed E-state index contributed by atoms with van der Waals surface area (Å²) in [6.45, 7) is 65.8. The molecule has 0 aromatic rings. The summed E-state index contributed by atoms with van der Waals surface area (Å²) in [5.74, 6) is 0. The molecular formula is C36H84Br2Si6. The van der Waals surface area contributed by atoms with Gasteiger partial charge < -0.3 is 0 Å². The summed E-state index contributed by atoms with van der Waals surface area (Å²) in [6.07, 6.45) is 0. The van der Waals surface area contributed by atoms with Crippen molar-refractivity contribution < 1.29 is 0 Å². The van der Waals surface area contributed by atoms with E-state index in [0.717, 1.165) is 66.5 Å². The Morgan fingerprint density at radius 2 is 0.273 bits per heavy atom. The molecule has 0 heterocycles. The maximum atomic E-state index is 5.69. The molecule has 0 aliphatic rings. The summed E-state index contributed by atoms with van der Waals surface area (Å²) >= 11 is 11.4. The lowest BCUT2D eigenvalue weighted by Crippen LogP contribution is -3.00. The zero-order valence-electron chi connectivity index (χ0n) is 34.7. The maximum absolute atomic E-state index is 5.69. The second kappa shape index (κ2) is 16.1. The van der Waals surface area contributed by atoms with Crippen molar-refractivity contribution in [1.29, 1.82) is 0 Å². The van der Waals surface area contributed by atoms with E-state index >= 15 is 0 Å². The zero-order valence-corrected chi connectivity index (χ0v) is 43.9. The van der Waals surface area contributed by atoms with Crippen LogP contribution in [0, 0.1) is 0 Å². The number of hydrogen-bond donors (Lipinski definition) is 0. The Kier molecular flexibility index (Phi) is 16.9. The maximum Gasteiger partial charge on any atom is 0.118 e. The van der Waals surface area contributed by atoms with Crippen LogP contribution >= 0.6 is 30.6 Å². The van der Waals surface area contributed by atoms with Gasteiger partial charge in [-0.1, -0.05) is 233 Å². The van der Waals surface area contributed by atoms with Crippen LogP contribution in [0.2, 0.25) is 66.5 Å². The minimum atomic E-state index is -2.32. The van der Waals surface area contributed by atoms with Crippen LogP contribution in [-0.4, -0.2) is 40.9 Å². The van der Waals surface area contributed by atoms with Crippen LogP contribution in [0.3, 0.4) is 0 Å². The molecule has 0 bridgehead atoms. The molecule has 0 atom stereocenters. The molecule has 0 rings (SSSR count). The third-order valence-corrected chi connectivity index (χ3v) is 188. The van der Waals surface area contributed by atoms with Crippen LogP contribution in [0.5, 0.6) is 0 Å². The zero-order chi connectivity index (χ0) is 35.9. The van der Waals surface area contributed by atoms with Crippen LogP contribution < -0.4 is 0 Å². The average molecular weight is 845 g/mol. The SMILES string of the molecule is CC(C)[Si](C(C)C)(C(C)C)[Si](Br)([Si](C(C)C)(C(C)C)C(C)C)[Si](Br)([Si](C(C)C)(C(C)C)C(C)C)[Si](C(C)C)(C(C)C)C(C)C. The van der Waals surface area contributed by atoms with Crippen LogP contribution in [0.4, 0.5) is 0 Å². The van der Waals surface area contributed by atoms with E-state index < -0.39 is 40.9 Å². The van der Waals surface area contributed by atoms with Gasteiger partial charge in [0.15, 0.2) is 0 Å². The van der Waals surface area contributed by atoms with Crippen LogP contribution in [0.1, 0.15) is 166 Å². The first-order valence-electron chi connectivity index (χ1n) is 18.9. The van der Waals surface area contributed by atoms with Crippen molar-refractivity contribution in [3.05, 3.63) is 0 Å². The summed E-state index contributed by atoms with van der Waals surface area (Å²) < 4.78 is 0. The summed E-state index contributed by atoms with van der Waals surface area (Å²) in [6, 6.07) is 0. The lowest BCUT2D eigenvalue weighted by atomic mass is 10.5. The molecule has 44 heavy (non-hydrogen) atoms.